The fourth-order valence-corrected chi connectivity index (χ4v) is 3.20. The fraction of sp³-hybridized carbons (Fsp3) is 0.500. The molecule has 0 bridgehead atoms. The Morgan fingerprint density at radius 2 is 2.00 bits per heavy atom. The molecule has 0 unspecified atom stereocenters. The summed E-state index contributed by atoms with van der Waals surface area (Å²) in [4.78, 5) is 11.6. The van der Waals surface area contributed by atoms with Gasteiger partial charge in [-0.1, -0.05) is 36.4 Å². The molecule has 3 rings (SSSR count). The lowest BCUT2D eigenvalue weighted by Gasteiger charge is -2.35. The van der Waals surface area contributed by atoms with Gasteiger partial charge in [0.05, 0.1) is 6.61 Å². The molecule has 1 aromatic rings. The Kier molecular flexibility index (Phi) is 4.38. The molecule has 2 aliphatic rings. The summed E-state index contributed by atoms with van der Waals surface area (Å²) in [6, 6.07) is 9.79. The zero-order chi connectivity index (χ0) is 16.5. The van der Waals surface area contributed by atoms with E-state index in [1.807, 2.05) is 44.2 Å². The van der Waals surface area contributed by atoms with Crippen LogP contribution in [-0.4, -0.2) is 36.2 Å². The first-order valence-corrected chi connectivity index (χ1v) is 7.76. The van der Waals surface area contributed by atoms with Gasteiger partial charge >= 0.3 is 0 Å². The molecule has 5 nitrogen and oxygen atoms in total. The Labute approximate surface area is 136 Å². The van der Waals surface area contributed by atoms with E-state index in [-0.39, 0.29) is 0 Å². The van der Waals surface area contributed by atoms with Gasteiger partial charge in [-0.2, -0.15) is 0 Å². The number of benzene rings is 1. The normalized spacial score (nSPS) is 35.0. The quantitative estimate of drug-likeness (QED) is 0.596. The monoisotopic (exact) mass is 318 g/mol. The van der Waals surface area contributed by atoms with E-state index < -0.39 is 29.9 Å². The van der Waals surface area contributed by atoms with Gasteiger partial charge in [0.15, 0.2) is 18.4 Å². The first-order chi connectivity index (χ1) is 11.0. The number of hydrogen-bond donors (Lipinski definition) is 0. The standard InChI is InChI=1S/C18H22O5/c1-4-10-18(20-12-13-8-6-5-7-9-13)14(11-19)21-16-15(18)22-17(2,3)23-16/h4-9,11,14-16H,1,10,12H2,2-3H3/t14-,15+,16-,18-/m1/s1. The van der Waals surface area contributed by atoms with Crippen LogP contribution in [0.2, 0.25) is 0 Å². The second-order valence-corrected chi connectivity index (χ2v) is 6.34. The first kappa shape index (κ1) is 16.3. The van der Waals surface area contributed by atoms with Crippen molar-refractivity contribution < 1.29 is 23.7 Å². The second kappa shape index (κ2) is 6.17. The molecule has 2 heterocycles. The lowest BCUT2D eigenvalue weighted by molar-refractivity contribution is -0.233. The number of aldehydes is 1. The number of ether oxygens (including phenoxy) is 4. The van der Waals surface area contributed by atoms with Crippen LogP contribution in [0.5, 0.6) is 0 Å². The number of fused-ring (bicyclic) bond motifs is 1. The molecule has 1 aromatic carbocycles. The topological polar surface area (TPSA) is 54.0 Å². The van der Waals surface area contributed by atoms with Crippen molar-refractivity contribution in [2.75, 3.05) is 0 Å². The van der Waals surface area contributed by atoms with Crippen LogP contribution in [0.25, 0.3) is 0 Å². The average Bonchev–Trinajstić information content (AvgIpc) is 2.98. The lowest BCUT2D eigenvalue weighted by atomic mass is 9.89. The van der Waals surface area contributed by atoms with Crippen molar-refractivity contribution in [3.05, 3.63) is 48.6 Å². The van der Waals surface area contributed by atoms with Crippen LogP contribution in [-0.2, 0) is 30.3 Å². The van der Waals surface area contributed by atoms with Gasteiger partial charge in [-0.25, -0.2) is 0 Å². The highest BCUT2D eigenvalue weighted by Crippen LogP contribution is 2.46. The van der Waals surface area contributed by atoms with E-state index in [0.29, 0.717) is 13.0 Å². The summed E-state index contributed by atoms with van der Waals surface area (Å²) < 4.78 is 23.7. The summed E-state index contributed by atoms with van der Waals surface area (Å²) in [7, 11) is 0. The third-order valence-electron chi connectivity index (χ3n) is 4.24. The van der Waals surface area contributed by atoms with Crippen molar-refractivity contribution in [3.8, 4) is 0 Å². The second-order valence-electron chi connectivity index (χ2n) is 6.34. The summed E-state index contributed by atoms with van der Waals surface area (Å²) in [6.45, 7) is 7.79. The van der Waals surface area contributed by atoms with Crippen LogP contribution < -0.4 is 0 Å². The minimum atomic E-state index is -0.933. The predicted molar refractivity (Wildman–Crippen MR) is 83.5 cm³/mol. The van der Waals surface area contributed by atoms with Gasteiger partial charge in [0.25, 0.3) is 0 Å². The first-order valence-electron chi connectivity index (χ1n) is 7.76. The summed E-state index contributed by atoms with van der Waals surface area (Å²) >= 11 is 0. The molecule has 0 saturated carbocycles. The third-order valence-corrected chi connectivity index (χ3v) is 4.24. The molecular weight excluding hydrogens is 296 g/mol. The van der Waals surface area contributed by atoms with Crippen LogP contribution in [0, 0.1) is 0 Å². The van der Waals surface area contributed by atoms with Crippen molar-refractivity contribution in [3.63, 3.8) is 0 Å². The molecule has 0 spiro atoms. The molecule has 5 heteroatoms. The highest BCUT2D eigenvalue weighted by molar-refractivity contribution is 5.60. The van der Waals surface area contributed by atoms with E-state index in [2.05, 4.69) is 6.58 Å². The van der Waals surface area contributed by atoms with Crippen molar-refractivity contribution in [1.82, 2.24) is 0 Å². The number of carbonyl (C=O) groups is 1. The molecular formula is C18H22O5. The lowest BCUT2D eigenvalue weighted by Crippen LogP contribution is -2.51. The van der Waals surface area contributed by atoms with E-state index >= 15 is 0 Å². The molecule has 2 aliphatic heterocycles. The van der Waals surface area contributed by atoms with Crippen LogP contribution in [0.15, 0.2) is 43.0 Å². The Bertz CT molecular complexity index is 570. The molecule has 0 aromatic heterocycles. The maximum absolute atomic E-state index is 11.6. The van der Waals surface area contributed by atoms with Gasteiger partial charge in [0.1, 0.15) is 17.8 Å². The van der Waals surface area contributed by atoms with Gasteiger partial charge in [-0.3, -0.25) is 0 Å². The Balaban J connectivity index is 1.87. The Morgan fingerprint density at radius 3 is 2.65 bits per heavy atom. The van der Waals surface area contributed by atoms with Gasteiger partial charge in [-0.15, -0.1) is 6.58 Å². The van der Waals surface area contributed by atoms with Gasteiger partial charge in [-0.05, 0) is 25.8 Å². The number of carbonyl (C=O) groups excluding carboxylic acids is 1. The zero-order valence-corrected chi connectivity index (χ0v) is 13.4. The van der Waals surface area contributed by atoms with Crippen molar-refractivity contribution in [2.45, 2.75) is 56.8 Å². The van der Waals surface area contributed by atoms with Gasteiger partial charge in [0, 0.05) is 0 Å². The van der Waals surface area contributed by atoms with Gasteiger partial charge in [0.2, 0.25) is 0 Å². The SMILES string of the molecule is C=CC[C@@]1(OCc2ccccc2)[C@@H](C=O)O[C@@H]2OC(C)(C)O[C@@H]21. The predicted octanol–water partition coefficient (Wildman–Crippen LogP) is 2.59. The minimum absolute atomic E-state index is 0.357. The van der Waals surface area contributed by atoms with Crippen LogP contribution in [0.3, 0.4) is 0 Å². The Hall–Kier alpha value is -1.53. The molecule has 124 valence electrons. The molecule has 0 amide bonds. The van der Waals surface area contributed by atoms with E-state index in [1.54, 1.807) is 6.08 Å². The van der Waals surface area contributed by atoms with Crippen molar-refractivity contribution >= 4 is 6.29 Å². The van der Waals surface area contributed by atoms with Crippen LogP contribution >= 0.6 is 0 Å². The number of rotatable bonds is 6. The number of hydrogen-bond acceptors (Lipinski definition) is 5. The molecule has 2 fully saturated rings. The van der Waals surface area contributed by atoms with Gasteiger partial charge < -0.3 is 23.7 Å². The summed E-state index contributed by atoms with van der Waals surface area (Å²) in [6.07, 6.45) is 1.07. The molecule has 2 saturated heterocycles. The molecule has 23 heavy (non-hydrogen) atoms. The van der Waals surface area contributed by atoms with E-state index in [4.69, 9.17) is 18.9 Å². The smallest absolute Gasteiger partial charge is 0.191 e. The van der Waals surface area contributed by atoms with Crippen LogP contribution in [0.1, 0.15) is 25.8 Å². The highest BCUT2D eigenvalue weighted by atomic mass is 16.8. The van der Waals surface area contributed by atoms with E-state index in [9.17, 15) is 4.79 Å². The maximum atomic E-state index is 11.6. The Morgan fingerprint density at radius 1 is 1.26 bits per heavy atom. The molecule has 0 N–H and O–H groups in total. The summed E-state index contributed by atoms with van der Waals surface area (Å²) in [5.74, 6) is -0.772. The van der Waals surface area contributed by atoms with E-state index in [0.717, 1.165) is 11.8 Å². The summed E-state index contributed by atoms with van der Waals surface area (Å²) in [5.41, 5.74) is 0.0832. The highest BCUT2D eigenvalue weighted by Gasteiger charge is 2.64. The average molecular weight is 318 g/mol. The molecule has 0 aliphatic carbocycles. The molecule has 4 atom stereocenters. The summed E-state index contributed by atoms with van der Waals surface area (Å²) in [5, 5.41) is 0. The third kappa shape index (κ3) is 2.97. The fourth-order valence-electron chi connectivity index (χ4n) is 3.20. The van der Waals surface area contributed by atoms with Crippen LogP contribution in [0.4, 0.5) is 0 Å². The maximum Gasteiger partial charge on any atom is 0.191 e. The molecule has 0 radical (unpaired) electrons. The minimum Gasteiger partial charge on any atom is -0.364 e. The zero-order valence-electron chi connectivity index (χ0n) is 13.4. The van der Waals surface area contributed by atoms with Crippen molar-refractivity contribution in [2.24, 2.45) is 0 Å². The van der Waals surface area contributed by atoms with Crippen molar-refractivity contribution in [1.29, 1.82) is 0 Å². The largest absolute Gasteiger partial charge is 0.364 e. The van der Waals surface area contributed by atoms with E-state index in [1.165, 1.54) is 0 Å².